The van der Waals surface area contributed by atoms with Gasteiger partial charge in [0, 0.05) is 31.4 Å². The Morgan fingerprint density at radius 1 is 1.36 bits per heavy atom. The van der Waals surface area contributed by atoms with Crippen molar-refractivity contribution in [1.29, 1.82) is 0 Å². The first-order valence-corrected chi connectivity index (χ1v) is 8.09. The highest BCUT2D eigenvalue weighted by Gasteiger charge is 2.33. The summed E-state index contributed by atoms with van der Waals surface area (Å²) in [6.07, 6.45) is 4.41. The molecule has 2 amide bonds. The molecule has 0 saturated carbocycles. The number of carbonyl (C=O) groups is 2. The summed E-state index contributed by atoms with van der Waals surface area (Å²) >= 11 is 0. The number of hydrogen-bond acceptors (Lipinski definition) is 5. The first-order chi connectivity index (χ1) is 12.1. The third kappa shape index (κ3) is 2.90. The Morgan fingerprint density at radius 3 is 3.00 bits per heavy atom. The predicted molar refractivity (Wildman–Crippen MR) is 87.1 cm³/mol. The van der Waals surface area contributed by atoms with Crippen LogP contribution in [-0.2, 0) is 11.8 Å². The van der Waals surface area contributed by atoms with Crippen molar-refractivity contribution in [2.45, 2.75) is 24.9 Å². The van der Waals surface area contributed by atoms with E-state index in [-0.39, 0.29) is 30.7 Å². The summed E-state index contributed by atoms with van der Waals surface area (Å²) in [5, 5.41) is 5.94. The smallest absolute Gasteiger partial charge is 0.251 e. The number of aryl methyl sites for hydroxylation is 1. The second kappa shape index (κ2) is 6.12. The van der Waals surface area contributed by atoms with Gasteiger partial charge in [0.25, 0.3) is 5.91 Å². The van der Waals surface area contributed by atoms with Crippen LogP contribution >= 0.6 is 0 Å². The van der Waals surface area contributed by atoms with Gasteiger partial charge in [-0.25, -0.2) is 4.98 Å². The van der Waals surface area contributed by atoms with Crippen molar-refractivity contribution in [2.24, 2.45) is 7.05 Å². The first-order valence-electron chi connectivity index (χ1n) is 8.09. The highest BCUT2D eigenvalue weighted by atomic mass is 16.7. The molecule has 2 aliphatic rings. The van der Waals surface area contributed by atoms with Crippen molar-refractivity contribution in [1.82, 2.24) is 20.2 Å². The number of amides is 2. The molecule has 1 aromatic heterocycles. The lowest BCUT2D eigenvalue weighted by atomic mass is 9.96. The highest BCUT2D eigenvalue weighted by Crippen LogP contribution is 2.32. The number of hydrogen-bond donors (Lipinski definition) is 2. The molecule has 4 rings (SSSR count). The average Bonchev–Trinajstić information content (AvgIpc) is 3.24. The van der Waals surface area contributed by atoms with Crippen LogP contribution < -0.4 is 20.1 Å². The fourth-order valence-corrected chi connectivity index (χ4v) is 3.17. The van der Waals surface area contributed by atoms with Crippen LogP contribution in [0.4, 0.5) is 0 Å². The maximum Gasteiger partial charge on any atom is 0.251 e. The van der Waals surface area contributed by atoms with E-state index in [9.17, 15) is 9.59 Å². The van der Waals surface area contributed by atoms with Gasteiger partial charge < -0.3 is 24.7 Å². The number of carbonyl (C=O) groups excluding carboxylic acids is 2. The van der Waals surface area contributed by atoms with Gasteiger partial charge in [-0.15, -0.1) is 0 Å². The fraction of sp³-hybridized carbons (Fsp3) is 0.353. The molecule has 2 atom stereocenters. The van der Waals surface area contributed by atoms with Crippen molar-refractivity contribution in [3.8, 4) is 11.5 Å². The molecule has 0 bridgehead atoms. The van der Waals surface area contributed by atoms with E-state index < -0.39 is 0 Å². The minimum atomic E-state index is -0.362. The maximum absolute atomic E-state index is 12.6. The molecule has 2 N–H and O–H groups in total. The molecule has 1 saturated heterocycles. The van der Waals surface area contributed by atoms with Gasteiger partial charge in [0.15, 0.2) is 11.5 Å². The van der Waals surface area contributed by atoms with Crippen molar-refractivity contribution in [3.05, 3.63) is 42.0 Å². The molecule has 2 aliphatic heterocycles. The second-order valence-corrected chi connectivity index (χ2v) is 6.13. The highest BCUT2D eigenvalue weighted by molar-refractivity contribution is 5.95. The molecular weight excluding hydrogens is 324 g/mol. The Morgan fingerprint density at radius 2 is 2.20 bits per heavy atom. The van der Waals surface area contributed by atoms with E-state index in [0.29, 0.717) is 35.7 Å². The lowest BCUT2D eigenvalue weighted by molar-refractivity contribution is -0.124. The largest absolute Gasteiger partial charge is 0.454 e. The molecule has 8 nitrogen and oxygen atoms in total. The van der Waals surface area contributed by atoms with Crippen molar-refractivity contribution in [3.63, 3.8) is 0 Å². The van der Waals surface area contributed by atoms with E-state index in [4.69, 9.17) is 9.47 Å². The monoisotopic (exact) mass is 342 g/mol. The number of nitrogens with zero attached hydrogens (tertiary/aromatic N) is 2. The molecule has 3 heterocycles. The lowest BCUT2D eigenvalue weighted by Crippen LogP contribution is -2.50. The van der Waals surface area contributed by atoms with Crippen LogP contribution in [0.1, 0.15) is 35.1 Å². The van der Waals surface area contributed by atoms with E-state index >= 15 is 0 Å². The molecule has 1 fully saturated rings. The standard InChI is InChI=1S/C17H18N4O4/c1-21-7-6-18-16(21)15-11(3-5-14(22)20-15)19-17(23)10-2-4-12-13(8-10)25-9-24-12/h2,4,6-8,11,15H,3,5,9H2,1H3,(H,19,23)(H,20,22)/t11-,15-/m1/s1. The molecule has 130 valence electrons. The molecule has 2 aromatic rings. The van der Waals surface area contributed by atoms with E-state index in [0.717, 1.165) is 0 Å². The van der Waals surface area contributed by atoms with Gasteiger partial charge in [-0.2, -0.15) is 0 Å². The Hall–Kier alpha value is -3.03. The lowest BCUT2D eigenvalue weighted by Gasteiger charge is -2.32. The van der Waals surface area contributed by atoms with Gasteiger partial charge in [-0.3, -0.25) is 9.59 Å². The zero-order chi connectivity index (χ0) is 17.4. The number of fused-ring (bicyclic) bond motifs is 1. The topological polar surface area (TPSA) is 94.5 Å². The number of imidazole rings is 1. The van der Waals surface area contributed by atoms with Crippen molar-refractivity contribution >= 4 is 11.8 Å². The van der Waals surface area contributed by atoms with Crippen LogP contribution in [0.15, 0.2) is 30.6 Å². The predicted octanol–water partition coefficient (Wildman–Crippen LogP) is 0.898. The zero-order valence-corrected chi connectivity index (χ0v) is 13.7. The van der Waals surface area contributed by atoms with Crippen LogP contribution in [0, 0.1) is 0 Å². The van der Waals surface area contributed by atoms with E-state index in [2.05, 4.69) is 15.6 Å². The summed E-state index contributed by atoms with van der Waals surface area (Å²) in [5.74, 6) is 1.64. The molecule has 1 aromatic carbocycles. The number of nitrogens with one attached hydrogen (secondary N) is 2. The quantitative estimate of drug-likeness (QED) is 0.864. The number of rotatable bonds is 3. The Bertz CT molecular complexity index is 832. The normalized spacial score (nSPS) is 21.7. The second-order valence-electron chi connectivity index (χ2n) is 6.13. The van der Waals surface area contributed by atoms with E-state index in [1.54, 1.807) is 24.4 Å². The van der Waals surface area contributed by atoms with Gasteiger partial charge in [0.2, 0.25) is 12.7 Å². The number of aromatic nitrogens is 2. The van der Waals surface area contributed by atoms with Gasteiger partial charge in [-0.05, 0) is 24.6 Å². The summed E-state index contributed by atoms with van der Waals surface area (Å²) in [6.45, 7) is 0.163. The Kier molecular flexibility index (Phi) is 3.79. The minimum absolute atomic E-state index is 0.0402. The van der Waals surface area contributed by atoms with E-state index in [1.165, 1.54) is 0 Å². The van der Waals surface area contributed by atoms with E-state index in [1.807, 2.05) is 17.8 Å². The van der Waals surface area contributed by atoms with Gasteiger partial charge in [0.05, 0.1) is 6.04 Å². The molecule has 0 aliphatic carbocycles. The van der Waals surface area contributed by atoms with Crippen molar-refractivity contribution < 1.29 is 19.1 Å². The minimum Gasteiger partial charge on any atom is -0.454 e. The first kappa shape index (κ1) is 15.5. The average molecular weight is 342 g/mol. The van der Waals surface area contributed by atoms with Gasteiger partial charge in [0.1, 0.15) is 11.9 Å². The van der Waals surface area contributed by atoms with Crippen molar-refractivity contribution in [2.75, 3.05) is 6.79 Å². The molecule has 25 heavy (non-hydrogen) atoms. The molecular formula is C17H18N4O4. The molecule has 0 unspecified atom stereocenters. The van der Waals surface area contributed by atoms with Gasteiger partial charge >= 0.3 is 0 Å². The number of piperidine rings is 1. The zero-order valence-electron chi connectivity index (χ0n) is 13.7. The fourth-order valence-electron chi connectivity index (χ4n) is 3.17. The molecule has 0 radical (unpaired) electrons. The Labute approximate surface area is 144 Å². The molecule has 8 heteroatoms. The summed E-state index contributed by atoms with van der Waals surface area (Å²) in [6, 6.07) is 4.47. The molecule has 0 spiro atoms. The summed E-state index contributed by atoms with van der Waals surface area (Å²) < 4.78 is 12.4. The summed E-state index contributed by atoms with van der Waals surface area (Å²) in [7, 11) is 1.86. The third-order valence-corrected chi connectivity index (χ3v) is 4.49. The summed E-state index contributed by atoms with van der Waals surface area (Å²) in [5.41, 5.74) is 0.486. The van der Waals surface area contributed by atoms with Crippen LogP contribution in [0.25, 0.3) is 0 Å². The van der Waals surface area contributed by atoms with Gasteiger partial charge in [-0.1, -0.05) is 0 Å². The number of ether oxygens (including phenoxy) is 2. The summed E-state index contributed by atoms with van der Waals surface area (Å²) in [4.78, 5) is 28.8. The SMILES string of the molecule is Cn1ccnc1[C@@H]1NC(=O)CC[C@H]1NC(=O)c1ccc2c(c1)OCO2. The van der Waals surface area contributed by atoms with Crippen LogP contribution in [0.5, 0.6) is 11.5 Å². The number of benzene rings is 1. The third-order valence-electron chi connectivity index (χ3n) is 4.49. The maximum atomic E-state index is 12.6. The van der Waals surface area contributed by atoms with Crippen LogP contribution in [0.3, 0.4) is 0 Å². The van der Waals surface area contributed by atoms with Crippen LogP contribution in [0.2, 0.25) is 0 Å². The Balaban J connectivity index is 1.54. The van der Waals surface area contributed by atoms with Crippen LogP contribution in [-0.4, -0.2) is 34.2 Å².